The number of methoxy groups -OCH3 is 2. The second-order valence-corrected chi connectivity index (χ2v) is 3.73. The van der Waals surface area contributed by atoms with Crippen molar-refractivity contribution < 1.29 is 19.0 Å². The molecule has 0 bridgehead atoms. The van der Waals surface area contributed by atoms with Gasteiger partial charge in [0.05, 0.1) is 27.4 Å². The van der Waals surface area contributed by atoms with Crippen LogP contribution in [-0.2, 0) is 4.74 Å². The summed E-state index contributed by atoms with van der Waals surface area (Å²) < 4.78 is 15.4. The number of carbonyl (C=O) groups is 1. The second-order valence-electron chi connectivity index (χ2n) is 3.73. The molecule has 19 heavy (non-hydrogen) atoms. The first-order valence-electron chi connectivity index (χ1n) is 6.01. The SMILES string of the molecule is COc1ccc(C(=O)NCCOCCN)cc1OC. The minimum absolute atomic E-state index is 0.183. The molecule has 6 heteroatoms. The summed E-state index contributed by atoms with van der Waals surface area (Å²) in [5.41, 5.74) is 5.79. The van der Waals surface area contributed by atoms with Gasteiger partial charge in [-0.1, -0.05) is 0 Å². The van der Waals surface area contributed by atoms with Crippen LogP contribution >= 0.6 is 0 Å². The molecule has 1 amide bonds. The Labute approximate surface area is 112 Å². The van der Waals surface area contributed by atoms with Crippen molar-refractivity contribution in [2.45, 2.75) is 0 Å². The van der Waals surface area contributed by atoms with E-state index in [4.69, 9.17) is 19.9 Å². The van der Waals surface area contributed by atoms with Gasteiger partial charge < -0.3 is 25.3 Å². The molecular weight excluding hydrogens is 248 g/mol. The third-order valence-electron chi connectivity index (χ3n) is 2.44. The lowest BCUT2D eigenvalue weighted by molar-refractivity contribution is 0.0919. The van der Waals surface area contributed by atoms with Crippen molar-refractivity contribution in [2.75, 3.05) is 40.5 Å². The first-order valence-corrected chi connectivity index (χ1v) is 6.01. The van der Waals surface area contributed by atoms with Gasteiger partial charge in [0, 0.05) is 18.7 Å². The number of hydrogen-bond acceptors (Lipinski definition) is 5. The zero-order valence-electron chi connectivity index (χ0n) is 11.3. The van der Waals surface area contributed by atoms with Crippen LogP contribution in [0.3, 0.4) is 0 Å². The van der Waals surface area contributed by atoms with Crippen LogP contribution in [-0.4, -0.2) is 46.4 Å². The Bertz CT molecular complexity index is 410. The third kappa shape index (κ3) is 4.76. The smallest absolute Gasteiger partial charge is 0.251 e. The number of carbonyl (C=O) groups excluding carboxylic acids is 1. The van der Waals surface area contributed by atoms with Gasteiger partial charge in [0.15, 0.2) is 11.5 Å². The van der Waals surface area contributed by atoms with E-state index in [-0.39, 0.29) is 5.91 Å². The maximum atomic E-state index is 11.9. The topological polar surface area (TPSA) is 82.8 Å². The fourth-order valence-electron chi connectivity index (χ4n) is 1.50. The van der Waals surface area contributed by atoms with E-state index in [0.29, 0.717) is 43.4 Å². The van der Waals surface area contributed by atoms with Gasteiger partial charge in [-0.2, -0.15) is 0 Å². The summed E-state index contributed by atoms with van der Waals surface area (Å²) in [6.07, 6.45) is 0. The van der Waals surface area contributed by atoms with Crippen molar-refractivity contribution in [3.63, 3.8) is 0 Å². The Balaban J connectivity index is 2.52. The Morgan fingerprint density at radius 3 is 2.58 bits per heavy atom. The van der Waals surface area contributed by atoms with Crippen molar-refractivity contribution in [3.8, 4) is 11.5 Å². The maximum absolute atomic E-state index is 11.9. The van der Waals surface area contributed by atoms with Crippen LogP contribution in [0.4, 0.5) is 0 Å². The Hall–Kier alpha value is -1.79. The number of hydrogen-bond donors (Lipinski definition) is 2. The van der Waals surface area contributed by atoms with Crippen LogP contribution in [0.15, 0.2) is 18.2 Å². The molecule has 0 aliphatic heterocycles. The molecule has 1 rings (SSSR count). The lowest BCUT2D eigenvalue weighted by Crippen LogP contribution is -2.27. The van der Waals surface area contributed by atoms with E-state index in [0.717, 1.165) is 0 Å². The fraction of sp³-hybridized carbons (Fsp3) is 0.462. The van der Waals surface area contributed by atoms with Crippen molar-refractivity contribution in [1.82, 2.24) is 5.32 Å². The third-order valence-corrected chi connectivity index (χ3v) is 2.44. The molecule has 0 unspecified atom stereocenters. The predicted octanol–water partition coefficient (Wildman–Crippen LogP) is 0.409. The lowest BCUT2D eigenvalue weighted by atomic mass is 10.2. The molecule has 0 aromatic heterocycles. The number of benzene rings is 1. The minimum Gasteiger partial charge on any atom is -0.493 e. The second kappa shape index (κ2) is 8.34. The van der Waals surface area contributed by atoms with Gasteiger partial charge in [-0.05, 0) is 18.2 Å². The van der Waals surface area contributed by atoms with Crippen LogP contribution in [0.25, 0.3) is 0 Å². The van der Waals surface area contributed by atoms with Crippen LogP contribution in [0.5, 0.6) is 11.5 Å². The van der Waals surface area contributed by atoms with Crippen molar-refractivity contribution in [1.29, 1.82) is 0 Å². The van der Waals surface area contributed by atoms with Gasteiger partial charge in [0.1, 0.15) is 0 Å². The van der Waals surface area contributed by atoms with E-state index < -0.39 is 0 Å². The van der Waals surface area contributed by atoms with Crippen LogP contribution in [0.1, 0.15) is 10.4 Å². The van der Waals surface area contributed by atoms with E-state index >= 15 is 0 Å². The zero-order valence-corrected chi connectivity index (χ0v) is 11.3. The van der Waals surface area contributed by atoms with Gasteiger partial charge >= 0.3 is 0 Å². The van der Waals surface area contributed by atoms with Gasteiger partial charge in [-0.25, -0.2) is 0 Å². The molecule has 1 aromatic carbocycles. The highest BCUT2D eigenvalue weighted by Gasteiger charge is 2.09. The molecule has 0 radical (unpaired) electrons. The summed E-state index contributed by atoms with van der Waals surface area (Å²) >= 11 is 0. The Morgan fingerprint density at radius 2 is 1.95 bits per heavy atom. The number of rotatable bonds is 8. The quantitative estimate of drug-likeness (QED) is 0.667. The van der Waals surface area contributed by atoms with E-state index in [1.54, 1.807) is 25.3 Å². The largest absolute Gasteiger partial charge is 0.493 e. The minimum atomic E-state index is -0.183. The molecule has 6 nitrogen and oxygen atoms in total. The van der Waals surface area contributed by atoms with Gasteiger partial charge in [-0.15, -0.1) is 0 Å². The highest BCUT2D eigenvalue weighted by Crippen LogP contribution is 2.27. The average molecular weight is 268 g/mol. The molecule has 0 aliphatic carbocycles. The summed E-state index contributed by atoms with van der Waals surface area (Å²) in [7, 11) is 3.08. The normalized spacial score (nSPS) is 10.1. The molecule has 106 valence electrons. The fourth-order valence-corrected chi connectivity index (χ4v) is 1.50. The van der Waals surface area contributed by atoms with E-state index in [2.05, 4.69) is 5.32 Å². The van der Waals surface area contributed by atoms with E-state index in [9.17, 15) is 4.79 Å². The highest BCUT2D eigenvalue weighted by molar-refractivity contribution is 5.94. The van der Waals surface area contributed by atoms with Gasteiger partial charge in [-0.3, -0.25) is 4.79 Å². The molecular formula is C13H20N2O4. The molecule has 0 spiro atoms. The molecule has 0 aliphatic rings. The lowest BCUT2D eigenvalue weighted by Gasteiger charge is -2.10. The van der Waals surface area contributed by atoms with Crippen LogP contribution in [0.2, 0.25) is 0 Å². The van der Waals surface area contributed by atoms with Crippen molar-refractivity contribution in [3.05, 3.63) is 23.8 Å². The number of nitrogens with two attached hydrogens (primary N) is 1. The summed E-state index contributed by atoms with van der Waals surface area (Å²) in [5.74, 6) is 0.928. The van der Waals surface area contributed by atoms with Gasteiger partial charge in [0.2, 0.25) is 0 Å². The van der Waals surface area contributed by atoms with Gasteiger partial charge in [0.25, 0.3) is 5.91 Å². The summed E-state index contributed by atoms with van der Waals surface area (Å²) in [6.45, 7) is 1.85. The number of nitrogens with one attached hydrogen (secondary N) is 1. The first-order chi connectivity index (χ1) is 9.22. The van der Waals surface area contributed by atoms with Crippen LogP contribution in [0, 0.1) is 0 Å². The van der Waals surface area contributed by atoms with E-state index in [1.165, 1.54) is 7.11 Å². The standard InChI is InChI=1S/C13H20N2O4/c1-17-11-4-3-10(9-12(11)18-2)13(16)15-6-8-19-7-5-14/h3-4,9H,5-8,14H2,1-2H3,(H,15,16). The molecule has 0 atom stereocenters. The average Bonchev–Trinajstić information content (AvgIpc) is 2.46. The summed E-state index contributed by atoms with van der Waals surface area (Å²) in [5, 5.41) is 2.75. The zero-order chi connectivity index (χ0) is 14.1. The molecule has 0 heterocycles. The van der Waals surface area contributed by atoms with Crippen molar-refractivity contribution >= 4 is 5.91 Å². The van der Waals surface area contributed by atoms with Crippen molar-refractivity contribution in [2.24, 2.45) is 5.73 Å². The molecule has 3 N–H and O–H groups in total. The Morgan fingerprint density at radius 1 is 1.21 bits per heavy atom. The molecule has 1 aromatic rings. The highest BCUT2D eigenvalue weighted by atomic mass is 16.5. The molecule has 0 saturated carbocycles. The first kappa shape index (κ1) is 15.3. The monoisotopic (exact) mass is 268 g/mol. The predicted molar refractivity (Wildman–Crippen MR) is 71.8 cm³/mol. The Kier molecular flexibility index (Phi) is 6.70. The van der Waals surface area contributed by atoms with Crippen LogP contribution < -0.4 is 20.5 Å². The summed E-state index contributed by atoms with van der Waals surface area (Å²) in [6, 6.07) is 5.00. The molecule has 0 saturated heterocycles. The molecule has 0 fully saturated rings. The number of amides is 1. The maximum Gasteiger partial charge on any atom is 0.251 e. The van der Waals surface area contributed by atoms with E-state index in [1.807, 2.05) is 0 Å². The summed E-state index contributed by atoms with van der Waals surface area (Å²) in [4.78, 5) is 11.9. The number of ether oxygens (including phenoxy) is 3.